The molecule has 0 radical (unpaired) electrons. The second-order valence-corrected chi connectivity index (χ2v) is 13.3. The number of likely N-dealkylation sites (tertiary alicyclic amines) is 1. The van der Waals surface area contributed by atoms with Gasteiger partial charge in [-0.25, -0.2) is 0 Å². The van der Waals surface area contributed by atoms with Crippen molar-refractivity contribution in [2.24, 2.45) is 0 Å². The number of pyridine rings is 1. The second kappa shape index (κ2) is 10.8. The Hall–Kier alpha value is -2.86. The zero-order chi connectivity index (χ0) is 30.2. The third-order valence-corrected chi connectivity index (χ3v) is 8.77. The molecule has 4 rings (SSSR count). The third kappa shape index (κ3) is 6.97. The smallest absolute Gasteiger partial charge is 0.310 e. The number of nitriles is 1. The molecule has 1 saturated heterocycles. The van der Waals surface area contributed by atoms with E-state index in [-0.39, 0.29) is 36.7 Å². The number of carbonyl (C=O) groups is 2. The molecule has 2 N–H and O–H groups in total. The summed E-state index contributed by atoms with van der Waals surface area (Å²) >= 11 is 12.3. The van der Waals surface area contributed by atoms with Crippen LogP contribution in [0.4, 0.5) is 25.1 Å². The molecule has 2 fully saturated rings. The number of rotatable bonds is 7. The molecule has 1 aromatic heterocycles. The van der Waals surface area contributed by atoms with Crippen LogP contribution >= 0.6 is 33.4 Å². The standard InChI is InChI=1S/C25H26Cl2F5N5O3S/c26-19-10-18(41(28,29,30,31)32)11-20(27)23(19)37(25(40)21-9-17(38)13-36(21)14-33)22(15-5-4-8-34-12-15)24(39)35-16-6-2-1-3-7-16/h4-5,8,10-12,16-17,21-22,38H,1-3,6-7,9,13H2,(H,35,39)/t17-,21-,22?/m1/s1. The molecule has 2 heterocycles. The molecule has 0 bridgehead atoms. The fraction of sp³-hybridized carbons (Fsp3) is 0.440. The van der Waals surface area contributed by atoms with Gasteiger partial charge in [0.05, 0.1) is 28.4 Å². The minimum atomic E-state index is -10.2. The molecular weight excluding hydrogens is 616 g/mol. The number of nitrogens with one attached hydrogen (secondary N) is 1. The van der Waals surface area contributed by atoms with Gasteiger partial charge in [0.1, 0.15) is 17.0 Å². The van der Waals surface area contributed by atoms with Crippen LogP contribution in [0.25, 0.3) is 0 Å². The number of β-amino-alcohol motifs (C(OH)–C–C–N with tert-alkyl or cyclic N) is 1. The van der Waals surface area contributed by atoms with Crippen molar-refractivity contribution in [1.29, 1.82) is 5.26 Å². The average molecular weight is 642 g/mol. The number of hydrogen-bond donors (Lipinski definition) is 2. The molecule has 1 aromatic carbocycles. The number of anilines is 1. The second-order valence-electron chi connectivity index (χ2n) is 10.1. The molecule has 41 heavy (non-hydrogen) atoms. The quantitative estimate of drug-likeness (QED) is 0.264. The van der Waals surface area contributed by atoms with Gasteiger partial charge in [-0.3, -0.25) is 24.4 Å². The highest BCUT2D eigenvalue weighted by atomic mass is 35.5. The summed E-state index contributed by atoms with van der Waals surface area (Å²) in [4.78, 5) is 31.3. The molecule has 2 aromatic rings. The van der Waals surface area contributed by atoms with Gasteiger partial charge in [0, 0.05) is 30.4 Å². The molecule has 8 nitrogen and oxygen atoms in total. The molecule has 2 aliphatic rings. The van der Waals surface area contributed by atoms with E-state index in [9.17, 15) is 39.4 Å². The van der Waals surface area contributed by atoms with E-state index >= 15 is 0 Å². The van der Waals surface area contributed by atoms with E-state index < -0.39 is 60.9 Å². The number of carbonyl (C=O) groups excluding carboxylic acids is 2. The number of aromatic nitrogens is 1. The van der Waals surface area contributed by atoms with Crippen molar-refractivity contribution in [3.8, 4) is 6.19 Å². The van der Waals surface area contributed by atoms with Crippen molar-refractivity contribution in [2.45, 2.75) is 67.6 Å². The lowest BCUT2D eigenvalue weighted by molar-refractivity contribution is -0.128. The summed E-state index contributed by atoms with van der Waals surface area (Å²) in [7, 11) is -10.2. The number of aliphatic hydroxyl groups excluding tert-OH is 1. The number of aliphatic hydroxyl groups is 1. The summed E-state index contributed by atoms with van der Waals surface area (Å²) in [6.45, 7) is -0.225. The topological polar surface area (TPSA) is 110 Å². The first-order valence-corrected chi connectivity index (χ1v) is 15.3. The Labute approximate surface area is 242 Å². The SMILES string of the molecule is N#CN1C[C@H](O)C[C@@H]1C(=O)N(c1c(Cl)cc(S(F)(F)(F)(F)F)cc1Cl)C(C(=O)NC1CCCCC1)c1cccnc1. The van der Waals surface area contributed by atoms with Gasteiger partial charge in [-0.2, -0.15) is 5.26 Å². The molecule has 2 amide bonds. The minimum Gasteiger partial charge on any atom is -0.391 e. The van der Waals surface area contributed by atoms with Crippen molar-refractivity contribution < 1.29 is 34.1 Å². The normalized spacial score (nSPS) is 22.3. The van der Waals surface area contributed by atoms with E-state index in [0.29, 0.717) is 17.7 Å². The van der Waals surface area contributed by atoms with Crippen molar-refractivity contribution in [2.75, 3.05) is 11.4 Å². The van der Waals surface area contributed by atoms with Crippen LogP contribution in [-0.2, 0) is 9.59 Å². The van der Waals surface area contributed by atoms with Crippen molar-refractivity contribution in [3.05, 3.63) is 52.3 Å². The third-order valence-electron chi connectivity index (χ3n) is 7.06. The number of halogens is 7. The van der Waals surface area contributed by atoms with Gasteiger partial charge in [-0.1, -0.05) is 68.0 Å². The Balaban J connectivity index is 1.91. The lowest BCUT2D eigenvalue weighted by Crippen LogP contribution is -2.52. The number of nitrogens with zero attached hydrogens (tertiary/aromatic N) is 4. The van der Waals surface area contributed by atoms with E-state index in [0.717, 1.165) is 24.2 Å². The first-order valence-electron chi connectivity index (χ1n) is 12.6. The van der Waals surface area contributed by atoms with Crippen molar-refractivity contribution in [1.82, 2.24) is 15.2 Å². The highest BCUT2D eigenvalue weighted by Crippen LogP contribution is 3.02. The van der Waals surface area contributed by atoms with E-state index in [2.05, 4.69) is 10.3 Å². The lowest BCUT2D eigenvalue weighted by Gasteiger charge is -2.41. The van der Waals surface area contributed by atoms with Crippen molar-refractivity contribution in [3.63, 3.8) is 0 Å². The summed E-state index contributed by atoms with van der Waals surface area (Å²) < 4.78 is 68.3. The number of benzene rings is 1. The van der Waals surface area contributed by atoms with Crippen LogP contribution in [0, 0.1) is 11.5 Å². The molecule has 3 atom stereocenters. The zero-order valence-electron chi connectivity index (χ0n) is 21.3. The summed E-state index contributed by atoms with van der Waals surface area (Å²) in [5.41, 5.74) is -0.531. The minimum absolute atomic E-state index is 0.0461. The van der Waals surface area contributed by atoms with Gasteiger partial charge in [0.25, 0.3) is 5.91 Å². The molecule has 224 valence electrons. The predicted octanol–water partition coefficient (Wildman–Crippen LogP) is 6.49. The summed E-state index contributed by atoms with van der Waals surface area (Å²) in [6, 6.07) is -0.450. The summed E-state index contributed by atoms with van der Waals surface area (Å²) in [5.74, 6) is -1.76. The molecule has 1 aliphatic carbocycles. The Morgan fingerprint density at radius 1 is 1.15 bits per heavy atom. The van der Waals surface area contributed by atoms with Gasteiger partial charge in [0.2, 0.25) is 5.91 Å². The Kier molecular flexibility index (Phi) is 8.16. The molecule has 1 unspecified atom stereocenters. The molecule has 0 spiro atoms. The first-order chi connectivity index (χ1) is 19.0. The van der Waals surface area contributed by atoms with Gasteiger partial charge >= 0.3 is 10.2 Å². The maximum Gasteiger partial charge on any atom is 0.310 e. The number of hydrogen-bond acceptors (Lipinski definition) is 6. The van der Waals surface area contributed by atoms with Crippen LogP contribution in [0.5, 0.6) is 0 Å². The molecule has 16 heteroatoms. The Morgan fingerprint density at radius 3 is 2.32 bits per heavy atom. The van der Waals surface area contributed by atoms with Gasteiger partial charge in [0.15, 0.2) is 6.19 Å². The van der Waals surface area contributed by atoms with Crippen LogP contribution in [-0.4, -0.2) is 51.5 Å². The van der Waals surface area contributed by atoms with Crippen LogP contribution in [0.2, 0.25) is 10.0 Å². The van der Waals surface area contributed by atoms with Crippen LogP contribution in [0.1, 0.15) is 50.1 Å². The van der Waals surface area contributed by atoms with Crippen LogP contribution in [0.3, 0.4) is 0 Å². The van der Waals surface area contributed by atoms with Gasteiger partial charge < -0.3 is 10.4 Å². The van der Waals surface area contributed by atoms with Gasteiger partial charge in [-0.15, -0.1) is 0 Å². The van der Waals surface area contributed by atoms with E-state index in [4.69, 9.17) is 23.2 Å². The fourth-order valence-corrected chi connectivity index (χ4v) is 6.64. The van der Waals surface area contributed by atoms with E-state index in [1.807, 2.05) is 0 Å². The highest BCUT2D eigenvalue weighted by molar-refractivity contribution is 8.45. The average Bonchev–Trinajstić information content (AvgIpc) is 3.27. The van der Waals surface area contributed by atoms with Crippen LogP contribution in [0.15, 0.2) is 41.6 Å². The first kappa shape index (κ1) is 31.1. The summed E-state index contributed by atoms with van der Waals surface area (Å²) in [6.07, 6.45) is 7.01. The van der Waals surface area contributed by atoms with E-state index in [1.54, 1.807) is 6.19 Å². The predicted molar refractivity (Wildman–Crippen MR) is 144 cm³/mol. The maximum atomic E-state index is 14.1. The Morgan fingerprint density at radius 2 is 1.78 bits per heavy atom. The molecular formula is C25H26Cl2F5N5O3S. The van der Waals surface area contributed by atoms with Gasteiger partial charge in [-0.05, 0) is 31.0 Å². The monoisotopic (exact) mass is 641 g/mol. The largest absolute Gasteiger partial charge is 0.391 e. The molecule has 1 saturated carbocycles. The highest BCUT2D eigenvalue weighted by Gasteiger charge is 2.66. The number of amides is 2. The lowest BCUT2D eigenvalue weighted by atomic mass is 9.94. The van der Waals surface area contributed by atoms with E-state index in [1.165, 1.54) is 24.5 Å². The van der Waals surface area contributed by atoms with Crippen LogP contribution < -0.4 is 10.2 Å². The maximum absolute atomic E-state index is 14.1. The Bertz CT molecular complexity index is 1350. The fourth-order valence-electron chi connectivity index (χ4n) is 5.16. The molecule has 1 aliphatic heterocycles. The zero-order valence-corrected chi connectivity index (χ0v) is 23.7. The summed E-state index contributed by atoms with van der Waals surface area (Å²) in [5, 5.41) is 20.7. The van der Waals surface area contributed by atoms with Crippen molar-refractivity contribution >= 4 is 50.9 Å².